The van der Waals surface area contributed by atoms with Crippen molar-refractivity contribution in [2.45, 2.75) is 26.3 Å². The summed E-state index contributed by atoms with van der Waals surface area (Å²) >= 11 is 5.76. The number of hydrogen-bond acceptors (Lipinski definition) is 2. The Morgan fingerprint density at radius 3 is 2.55 bits per heavy atom. The number of carboxylic acid groups (broad SMARTS) is 1. The molecule has 1 atom stereocenters. The Hall–Kier alpha value is -1.82. The summed E-state index contributed by atoms with van der Waals surface area (Å²) < 4.78 is 12.9. The van der Waals surface area contributed by atoms with E-state index < -0.39 is 23.9 Å². The number of halogens is 2. The number of carboxylic acids is 1. The van der Waals surface area contributed by atoms with Gasteiger partial charge in [0.05, 0.1) is 10.7 Å². The Kier molecular flexibility index (Phi) is 5.76. The first-order valence-corrected chi connectivity index (χ1v) is 6.42. The zero-order valence-corrected chi connectivity index (χ0v) is 11.9. The Balaban J connectivity index is 2.68. The van der Waals surface area contributed by atoms with Gasteiger partial charge in [0.25, 0.3) is 0 Å². The molecule has 3 N–H and O–H groups in total. The Morgan fingerprint density at radius 1 is 1.40 bits per heavy atom. The molecule has 1 rings (SSSR count). The fraction of sp³-hybridized carbons (Fsp3) is 0.385. The number of carbonyl (C=O) groups is 2. The molecule has 0 saturated heterocycles. The number of benzene rings is 1. The highest BCUT2D eigenvalue weighted by molar-refractivity contribution is 6.33. The van der Waals surface area contributed by atoms with E-state index in [1.54, 1.807) is 0 Å². The molecule has 0 aliphatic carbocycles. The summed E-state index contributed by atoms with van der Waals surface area (Å²) in [6.45, 7) is 3.71. The topological polar surface area (TPSA) is 78.4 Å². The van der Waals surface area contributed by atoms with Crippen molar-refractivity contribution in [1.29, 1.82) is 0 Å². The van der Waals surface area contributed by atoms with Crippen molar-refractivity contribution >= 4 is 29.3 Å². The summed E-state index contributed by atoms with van der Waals surface area (Å²) in [6.07, 6.45) is 0.305. The van der Waals surface area contributed by atoms with Crippen LogP contribution in [0.3, 0.4) is 0 Å². The van der Waals surface area contributed by atoms with E-state index in [2.05, 4.69) is 10.6 Å². The van der Waals surface area contributed by atoms with E-state index in [-0.39, 0.29) is 16.6 Å². The molecule has 0 aliphatic rings. The summed E-state index contributed by atoms with van der Waals surface area (Å²) in [6, 6.07) is 1.81. The maximum absolute atomic E-state index is 12.9. The van der Waals surface area contributed by atoms with Gasteiger partial charge in [-0.25, -0.2) is 14.0 Å². The lowest BCUT2D eigenvalue weighted by atomic mass is 10.0. The van der Waals surface area contributed by atoms with Crippen molar-refractivity contribution in [3.8, 4) is 0 Å². The van der Waals surface area contributed by atoms with Crippen molar-refractivity contribution in [3.05, 3.63) is 29.0 Å². The maximum atomic E-state index is 12.9. The lowest BCUT2D eigenvalue weighted by Crippen LogP contribution is -2.43. The number of amides is 2. The minimum atomic E-state index is -1.11. The third kappa shape index (κ3) is 5.05. The van der Waals surface area contributed by atoms with Crippen LogP contribution < -0.4 is 10.6 Å². The molecule has 0 heterocycles. The van der Waals surface area contributed by atoms with Crippen molar-refractivity contribution < 1.29 is 19.1 Å². The molecule has 0 unspecified atom stereocenters. The van der Waals surface area contributed by atoms with Gasteiger partial charge in [-0.1, -0.05) is 25.4 Å². The average molecular weight is 303 g/mol. The highest BCUT2D eigenvalue weighted by Crippen LogP contribution is 2.22. The molecule has 1 aromatic carbocycles. The summed E-state index contributed by atoms with van der Waals surface area (Å²) in [5.41, 5.74) is 0.208. The molecule has 110 valence electrons. The molecule has 0 aromatic heterocycles. The van der Waals surface area contributed by atoms with Crippen LogP contribution in [0.5, 0.6) is 0 Å². The zero-order chi connectivity index (χ0) is 15.3. The number of urea groups is 1. The van der Waals surface area contributed by atoms with E-state index in [1.165, 1.54) is 6.07 Å². The fourth-order valence-electron chi connectivity index (χ4n) is 1.60. The molecule has 1 aromatic rings. The summed E-state index contributed by atoms with van der Waals surface area (Å²) in [4.78, 5) is 22.7. The number of carbonyl (C=O) groups excluding carboxylic acids is 1. The van der Waals surface area contributed by atoms with Crippen molar-refractivity contribution in [2.24, 2.45) is 5.92 Å². The minimum Gasteiger partial charge on any atom is -0.480 e. The first-order valence-electron chi connectivity index (χ1n) is 6.05. The van der Waals surface area contributed by atoms with Crippen LogP contribution in [0.2, 0.25) is 5.02 Å². The van der Waals surface area contributed by atoms with Gasteiger partial charge in [0.15, 0.2) is 0 Å². The molecular formula is C13H16ClFN2O3. The van der Waals surface area contributed by atoms with Gasteiger partial charge in [0, 0.05) is 0 Å². The van der Waals surface area contributed by atoms with Gasteiger partial charge >= 0.3 is 12.0 Å². The van der Waals surface area contributed by atoms with Gasteiger partial charge in [-0.05, 0) is 30.5 Å². The molecule has 0 fully saturated rings. The van der Waals surface area contributed by atoms with Gasteiger partial charge in [-0.3, -0.25) is 0 Å². The van der Waals surface area contributed by atoms with Gasteiger partial charge in [0.2, 0.25) is 0 Å². The second-order valence-corrected chi connectivity index (χ2v) is 5.15. The summed E-state index contributed by atoms with van der Waals surface area (Å²) in [5, 5.41) is 13.8. The van der Waals surface area contributed by atoms with Crippen molar-refractivity contribution in [3.63, 3.8) is 0 Å². The largest absolute Gasteiger partial charge is 0.480 e. The predicted octanol–water partition coefficient (Wildman–Crippen LogP) is 3.10. The average Bonchev–Trinajstić information content (AvgIpc) is 2.31. The monoisotopic (exact) mass is 302 g/mol. The molecule has 7 heteroatoms. The number of anilines is 1. The number of nitrogens with one attached hydrogen (secondary N) is 2. The van der Waals surface area contributed by atoms with Crippen LogP contribution >= 0.6 is 11.6 Å². The van der Waals surface area contributed by atoms with Gasteiger partial charge < -0.3 is 15.7 Å². The molecule has 0 saturated carbocycles. The number of rotatable bonds is 5. The zero-order valence-electron chi connectivity index (χ0n) is 11.1. The van der Waals surface area contributed by atoms with E-state index >= 15 is 0 Å². The number of aliphatic carboxylic acids is 1. The molecule has 5 nitrogen and oxygen atoms in total. The smallest absolute Gasteiger partial charge is 0.326 e. The van der Waals surface area contributed by atoms with Crippen molar-refractivity contribution in [2.75, 3.05) is 5.32 Å². The Bertz CT molecular complexity index is 508. The lowest BCUT2D eigenvalue weighted by molar-refractivity contribution is -0.139. The quantitative estimate of drug-likeness (QED) is 0.782. The van der Waals surface area contributed by atoms with E-state index in [0.717, 1.165) is 12.1 Å². The molecular weight excluding hydrogens is 287 g/mol. The summed E-state index contributed by atoms with van der Waals surface area (Å²) in [7, 11) is 0. The van der Waals surface area contributed by atoms with Crippen LogP contribution in [0.1, 0.15) is 20.3 Å². The third-order valence-corrected chi connectivity index (χ3v) is 2.80. The highest BCUT2D eigenvalue weighted by Gasteiger charge is 2.21. The first kappa shape index (κ1) is 16.2. The van der Waals surface area contributed by atoms with Crippen LogP contribution in [0.4, 0.5) is 14.9 Å². The van der Waals surface area contributed by atoms with Crippen LogP contribution in [-0.4, -0.2) is 23.1 Å². The van der Waals surface area contributed by atoms with Gasteiger partial charge in [-0.2, -0.15) is 0 Å². The third-order valence-electron chi connectivity index (χ3n) is 2.49. The fourth-order valence-corrected chi connectivity index (χ4v) is 1.81. The van der Waals surface area contributed by atoms with Crippen LogP contribution in [-0.2, 0) is 4.79 Å². The standard InChI is InChI=1S/C13H16ClFN2O3/c1-7(2)5-11(12(18)19)17-13(20)16-10-4-3-8(15)6-9(10)14/h3-4,6-7,11H,5H2,1-2H3,(H,18,19)(H2,16,17,20)/t11-/m1/s1. The van der Waals surface area contributed by atoms with E-state index in [9.17, 15) is 14.0 Å². The maximum Gasteiger partial charge on any atom is 0.326 e. The van der Waals surface area contributed by atoms with Gasteiger partial charge in [0.1, 0.15) is 11.9 Å². The highest BCUT2D eigenvalue weighted by atomic mass is 35.5. The van der Waals surface area contributed by atoms with Crippen LogP contribution in [0.15, 0.2) is 18.2 Å². The molecule has 20 heavy (non-hydrogen) atoms. The molecule has 0 bridgehead atoms. The minimum absolute atomic E-state index is 0.0379. The molecule has 0 spiro atoms. The van der Waals surface area contributed by atoms with Gasteiger partial charge in [-0.15, -0.1) is 0 Å². The first-order chi connectivity index (χ1) is 9.29. The summed E-state index contributed by atoms with van der Waals surface area (Å²) in [5.74, 6) is -1.52. The SMILES string of the molecule is CC(C)C[C@@H](NC(=O)Nc1ccc(F)cc1Cl)C(=O)O. The predicted molar refractivity (Wildman–Crippen MR) is 74.4 cm³/mol. The Labute approximate surface area is 121 Å². The van der Waals surface area contributed by atoms with Crippen molar-refractivity contribution in [1.82, 2.24) is 5.32 Å². The molecule has 0 aliphatic heterocycles. The normalized spacial score (nSPS) is 12.1. The second-order valence-electron chi connectivity index (χ2n) is 4.74. The van der Waals surface area contributed by atoms with E-state index in [1.807, 2.05) is 13.8 Å². The van der Waals surface area contributed by atoms with E-state index in [4.69, 9.17) is 16.7 Å². The molecule has 0 radical (unpaired) electrons. The lowest BCUT2D eigenvalue weighted by Gasteiger charge is -2.17. The molecule has 2 amide bonds. The Morgan fingerprint density at radius 2 is 2.05 bits per heavy atom. The second kappa shape index (κ2) is 7.09. The van der Waals surface area contributed by atoms with E-state index in [0.29, 0.717) is 6.42 Å². The number of hydrogen-bond donors (Lipinski definition) is 3. The van der Waals surface area contributed by atoms with Crippen LogP contribution in [0, 0.1) is 11.7 Å². The van der Waals surface area contributed by atoms with Crippen LogP contribution in [0.25, 0.3) is 0 Å².